The number of unbranched alkanes of at least 4 members (excludes halogenated alkanes) is 15. The van der Waals surface area contributed by atoms with E-state index in [1.54, 1.807) is 0 Å². The summed E-state index contributed by atoms with van der Waals surface area (Å²) in [5, 5.41) is 8.49. The fraction of sp³-hybridized carbons (Fsp3) is 0.822. The lowest BCUT2D eigenvalue weighted by atomic mass is 10.0. The SMILES string of the molecule is CCCCCCCCCCCCCCCCCCOc1ccc(Cn2cc(COCCOCCOCCOCCOCCOCCOCCOCCC)nn2)cc1. The van der Waals surface area contributed by atoms with Crippen molar-refractivity contribution in [3.63, 3.8) is 0 Å². The minimum absolute atomic E-state index is 0.393. The fourth-order valence-electron chi connectivity index (χ4n) is 6.06. The van der Waals surface area contributed by atoms with Gasteiger partial charge in [-0.2, -0.15) is 0 Å². The van der Waals surface area contributed by atoms with Crippen molar-refractivity contribution in [3.05, 3.63) is 41.7 Å². The van der Waals surface area contributed by atoms with E-state index in [1.165, 1.54) is 96.3 Å². The Kier molecular flexibility index (Phi) is 36.3. The Morgan fingerprint density at radius 1 is 0.404 bits per heavy atom. The molecule has 1 heterocycles. The predicted molar refractivity (Wildman–Crippen MR) is 226 cm³/mol. The van der Waals surface area contributed by atoms with Crippen LogP contribution in [-0.2, 0) is 51.0 Å². The number of rotatable bonds is 45. The van der Waals surface area contributed by atoms with Gasteiger partial charge in [0.2, 0.25) is 0 Å². The first-order valence-electron chi connectivity index (χ1n) is 22.5. The van der Waals surface area contributed by atoms with Crippen molar-refractivity contribution in [2.75, 3.05) is 106 Å². The smallest absolute Gasteiger partial charge is 0.119 e. The van der Waals surface area contributed by atoms with Gasteiger partial charge in [-0.15, -0.1) is 5.10 Å². The van der Waals surface area contributed by atoms with E-state index in [0.717, 1.165) is 43.1 Å². The lowest BCUT2D eigenvalue weighted by Crippen LogP contribution is -2.15. The van der Waals surface area contributed by atoms with Gasteiger partial charge >= 0.3 is 0 Å². The van der Waals surface area contributed by atoms with Gasteiger partial charge in [-0.1, -0.05) is 128 Å². The first-order chi connectivity index (χ1) is 28.3. The molecule has 0 unspecified atom stereocenters. The van der Waals surface area contributed by atoms with E-state index >= 15 is 0 Å². The summed E-state index contributed by atoms with van der Waals surface area (Å²) in [5.41, 5.74) is 1.94. The van der Waals surface area contributed by atoms with E-state index < -0.39 is 0 Å². The van der Waals surface area contributed by atoms with E-state index in [-0.39, 0.29) is 0 Å². The number of hydrogen-bond donors (Lipinski definition) is 0. The second kappa shape index (κ2) is 40.6. The van der Waals surface area contributed by atoms with Gasteiger partial charge < -0.3 is 42.6 Å². The predicted octanol–water partition coefficient (Wildman–Crippen LogP) is 9.01. The summed E-state index contributed by atoms with van der Waals surface area (Å²) in [6, 6.07) is 8.28. The number of ether oxygens (including phenoxy) is 9. The normalized spacial score (nSPS) is 11.5. The molecule has 0 aliphatic carbocycles. The van der Waals surface area contributed by atoms with Crippen molar-refractivity contribution < 1.29 is 42.6 Å². The topological polar surface area (TPSA) is 114 Å². The number of nitrogens with zero attached hydrogens (tertiary/aromatic N) is 3. The zero-order valence-electron chi connectivity index (χ0n) is 36.2. The molecular formula is C45H81N3O9. The molecule has 2 aromatic rings. The van der Waals surface area contributed by atoms with Gasteiger partial charge in [0.15, 0.2) is 0 Å². The van der Waals surface area contributed by atoms with Crippen molar-refractivity contribution in [1.82, 2.24) is 15.0 Å². The molecule has 12 heteroatoms. The molecule has 0 saturated heterocycles. The first kappa shape index (κ1) is 51.0. The van der Waals surface area contributed by atoms with Gasteiger partial charge in [0, 0.05) is 6.61 Å². The number of benzene rings is 1. The van der Waals surface area contributed by atoms with E-state index in [4.69, 9.17) is 42.6 Å². The molecule has 0 bridgehead atoms. The van der Waals surface area contributed by atoms with E-state index in [1.807, 2.05) is 23.0 Å². The quantitative estimate of drug-likeness (QED) is 0.0598. The Labute approximate surface area is 346 Å². The second-order valence-electron chi connectivity index (χ2n) is 14.5. The number of hydrogen-bond acceptors (Lipinski definition) is 11. The maximum absolute atomic E-state index is 5.99. The zero-order valence-corrected chi connectivity index (χ0v) is 36.2. The van der Waals surface area contributed by atoms with Gasteiger partial charge in [0.05, 0.1) is 118 Å². The van der Waals surface area contributed by atoms with Crippen LogP contribution in [0.3, 0.4) is 0 Å². The van der Waals surface area contributed by atoms with Crippen LogP contribution >= 0.6 is 0 Å². The van der Waals surface area contributed by atoms with Crippen molar-refractivity contribution in [1.29, 1.82) is 0 Å². The molecule has 0 saturated carbocycles. The maximum Gasteiger partial charge on any atom is 0.119 e. The van der Waals surface area contributed by atoms with Crippen molar-refractivity contribution >= 4 is 0 Å². The van der Waals surface area contributed by atoms with Crippen LogP contribution in [0, 0.1) is 0 Å². The lowest BCUT2D eigenvalue weighted by molar-refractivity contribution is -0.0236. The molecule has 2 rings (SSSR count). The molecule has 0 amide bonds. The molecule has 0 radical (unpaired) electrons. The molecule has 0 spiro atoms. The van der Waals surface area contributed by atoms with Gasteiger partial charge in [-0.05, 0) is 30.5 Å². The van der Waals surface area contributed by atoms with Crippen molar-refractivity contribution in [2.24, 2.45) is 0 Å². The Hall–Kier alpha value is -2.16. The molecule has 0 atom stereocenters. The van der Waals surface area contributed by atoms with Crippen LogP contribution in [-0.4, -0.2) is 121 Å². The summed E-state index contributed by atoms with van der Waals surface area (Å²) in [6.07, 6.45) is 25.0. The highest BCUT2D eigenvalue weighted by atomic mass is 16.6. The standard InChI is InChI=1S/C45H81N3O9/c1-3-5-6-7-8-9-10-11-12-13-14-15-16-17-18-19-25-57-45-22-20-43(21-23-45)40-48-41-44(46-47-48)42-56-39-38-55-37-36-54-35-34-53-33-32-52-31-30-51-29-28-50-27-26-49-24-4-2/h20-23,41H,3-19,24-40,42H2,1-2H3. The van der Waals surface area contributed by atoms with Gasteiger partial charge in [0.25, 0.3) is 0 Å². The van der Waals surface area contributed by atoms with Crippen LogP contribution in [0.15, 0.2) is 30.5 Å². The van der Waals surface area contributed by atoms with Gasteiger partial charge in [-0.3, -0.25) is 0 Å². The molecule has 1 aromatic heterocycles. The molecular weight excluding hydrogens is 727 g/mol. The van der Waals surface area contributed by atoms with Crippen LogP contribution in [0.4, 0.5) is 0 Å². The highest BCUT2D eigenvalue weighted by molar-refractivity contribution is 5.27. The highest BCUT2D eigenvalue weighted by Gasteiger charge is 2.04. The van der Waals surface area contributed by atoms with Crippen LogP contribution in [0.2, 0.25) is 0 Å². The summed E-state index contributed by atoms with van der Waals surface area (Å²) in [7, 11) is 0. The number of aromatic nitrogens is 3. The van der Waals surface area contributed by atoms with Gasteiger partial charge in [-0.25, -0.2) is 4.68 Å². The summed E-state index contributed by atoms with van der Waals surface area (Å²) in [6.45, 7) is 14.5. The fourth-order valence-corrected chi connectivity index (χ4v) is 6.06. The Balaban J connectivity index is 1.30. The molecule has 12 nitrogen and oxygen atoms in total. The van der Waals surface area contributed by atoms with Crippen molar-refractivity contribution in [3.8, 4) is 5.75 Å². The first-order valence-corrected chi connectivity index (χ1v) is 22.5. The van der Waals surface area contributed by atoms with Crippen LogP contribution < -0.4 is 4.74 Å². The van der Waals surface area contributed by atoms with Gasteiger partial charge in [0.1, 0.15) is 11.4 Å². The maximum atomic E-state index is 5.99. The third kappa shape index (κ3) is 33.4. The van der Waals surface area contributed by atoms with Crippen LogP contribution in [0.25, 0.3) is 0 Å². The third-order valence-electron chi connectivity index (χ3n) is 9.32. The highest BCUT2D eigenvalue weighted by Crippen LogP contribution is 2.16. The average molecular weight is 808 g/mol. The second-order valence-corrected chi connectivity index (χ2v) is 14.5. The van der Waals surface area contributed by atoms with Crippen LogP contribution in [0.5, 0.6) is 5.75 Å². The Bertz CT molecular complexity index is 1090. The minimum Gasteiger partial charge on any atom is -0.494 e. The third-order valence-corrected chi connectivity index (χ3v) is 9.32. The zero-order chi connectivity index (χ0) is 40.4. The summed E-state index contributed by atoms with van der Waals surface area (Å²) >= 11 is 0. The molecule has 0 aliphatic rings. The molecule has 1 aromatic carbocycles. The summed E-state index contributed by atoms with van der Waals surface area (Å²) < 4.78 is 51.9. The van der Waals surface area contributed by atoms with E-state index in [0.29, 0.717) is 106 Å². The summed E-state index contributed by atoms with van der Waals surface area (Å²) in [5.74, 6) is 0.924. The molecule has 0 fully saturated rings. The monoisotopic (exact) mass is 808 g/mol. The largest absolute Gasteiger partial charge is 0.494 e. The minimum atomic E-state index is 0.393. The molecule has 0 aliphatic heterocycles. The Morgan fingerprint density at radius 3 is 1.21 bits per heavy atom. The average Bonchev–Trinajstić information content (AvgIpc) is 3.68. The van der Waals surface area contributed by atoms with Crippen LogP contribution in [0.1, 0.15) is 134 Å². The summed E-state index contributed by atoms with van der Waals surface area (Å²) in [4.78, 5) is 0. The van der Waals surface area contributed by atoms with Crippen molar-refractivity contribution in [2.45, 2.75) is 136 Å². The molecule has 330 valence electrons. The van der Waals surface area contributed by atoms with E-state index in [9.17, 15) is 0 Å². The van der Waals surface area contributed by atoms with E-state index in [2.05, 4.69) is 36.3 Å². The Morgan fingerprint density at radius 2 is 0.789 bits per heavy atom. The molecule has 57 heavy (non-hydrogen) atoms. The lowest BCUT2D eigenvalue weighted by Gasteiger charge is -2.08. The molecule has 0 N–H and O–H groups in total.